The number of amides is 1. The second-order valence-corrected chi connectivity index (χ2v) is 5.55. The normalized spacial score (nSPS) is 19.8. The summed E-state index contributed by atoms with van der Waals surface area (Å²) in [5.74, 6) is 0.0714. The Morgan fingerprint density at radius 1 is 1.42 bits per heavy atom. The van der Waals surface area contributed by atoms with Crippen molar-refractivity contribution in [3.8, 4) is 0 Å². The zero-order chi connectivity index (χ0) is 14.0. The monoisotopic (exact) mass is 261 g/mol. The largest absolute Gasteiger partial charge is 0.398 e. The summed E-state index contributed by atoms with van der Waals surface area (Å²) in [5, 5.41) is 0. The van der Waals surface area contributed by atoms with Crippen LogP contribution in [0.25, 0.3) is 0 Å². The lowest BCUT2D eigenvalue weighted by atomic mass is 10.0. The molecule has 2 rings (SSSR count). The summed E-state index contributed by atoms with van der Waals surface area (Å²) < 4.78 is 0. The first-order valence-corrected chi connectivity index (χ1v) is 6.81. The molecule has 4 heteroatoms. The second-order valence-electron chi connectivity index (χ2n) is 5.55. The maximum atomic E-state index is 12.6. The first kappa shape index (κ1) is 13.9. The first-order chi connectivity index (χ1) is 9.00. The van der Waals surface area contributed by atoms with E-state index >= 15 is 0 Å². The standard InChI is InChI=1S/C15H23N3O/c1-11-6-4-8-13(16)14(11)15(19)18-9-5-7-12(10-18)17(2)3/h4,6,8,12H,5,7,9-10,16H2,1-3H3. The highest BCUT2D eigenvalue weighted by Crippen LogP contribution is 2.22. The lowest BCUT2D eigenvalue weighted by molar-refractivity contribution is 0.0635. The SMILES string of the molecule is Cc1cccc(N)c1C(=O)N1CCCC(N(C)C)C1. The van der Waals surface area contributed by atoms with Gasteiger partial charge in [-0.25, -0.2) is 0 Å². The van der Waals surface area contributed by atoms with E-state index in [9.17, 15) is 4.79 Å². The van der Waals surface area contributed by atoms with Crippen LogP contribution in [0.15, 0.2) is 18.2 Å². The van der Waals surface area contributed by atoms with Crippen molar-refractivity contribution in [2.75, 3.05) is 32.9 Å². The van der Waals surface area contributed by atoms with E-state index in [2.05, 4.69) is 19.0 Å². The van der Waals surface area contributed by atoms with E-state index in [4.69, 9.17) is 5.73 Å². The number of benzene rings is 1. The number of rotatable bonds is 2. The van der Waals surface area contributed by atoms with Crippen molar-refractivity contribution in [1.29, 1.82) is 0 Å². The number of nitrogen functional groups attached to an aromatic ring is 1. The van der Waals surface area contributed by atoms with Gasteiger partial charge in [0, 0.05) is 24.8 Å². The van der Waals surface area contributed by atoms with Gasteiger partial charge in [0.25, 0.3) is 5.91 Å². The predicted octanol–water partition coefficient (Wildman–Crippen LogP) is 1.74. The highest BCUT2D eigenvalue weighted by atomic mass is 16.2. The Labute approximate surface area is 115 Å². The minimum absolute atomic E-state index is 0.0714. The number of hydrogen-bond donors (Lipinski definition) is 1. The van der Waals surface area contributed by atoms with Crippen LogP contribution in [0.5, 0.6) is 0 Å². The van der Waals surface area contributed by atoms with Crippen molar-refractivity contribution in [1.82, 2.24) is 9.80 Å². The van der Waals surface area contributed by atoms with Gasteiger partial charge < -0.3 is 15.5 Å². The molecule has 0 spiro atoms. The molecule has 0 saturated carbocycles. The maximum Gasteiger partial charge on any atom is 0.256 e. The molecule has 1 saturated heterocycles. The van der Waals surface area contributed by atoms with Crippen LogP contribution < -0.4 is 5.73 Å². The Morgan fingerprint density at radius 3 is 2.79 bits per heavy atom. The van der Waals surface area contributed by atoms with Crippen molar-refractivity contribution >= 4 is 11.6 Å². The zero-order valence-electron chi connectivity index (χ0n) is 12.0. The molecule has 0 bridgehead atoms. The molecular formula is C15H23N3O. The maximum absolute atomic E-state index is 12.6. The van der Waals surface area contributed by atoms with Crippen LogP contribution >= 0.6 is 0 Å². The van der Waals surface area contributed by atoms with Crippen LogP contribution in [0.2, 0.25) is 0 Å². The van der Waals surface area contributed by atoms with Crippen LogP contribution in [0.1, 0.15) is 28.8 Å². The molecule has 1 aliphatic rings. The summed E-state index contributed by atoms with van der Waals surface area (Å²) in [4.78, 5) is 16.8. The molecule has 0 radical (unpaired) electrons. The van der Waals surface area contributed by atoms with E-state index in [-0.39, 0.29) is 5.91 Å². The predicted molar refractivity (Wildman–Crippen MR) is 78.2 cm³/mol. The summed E-state index contributed by atoms with van der Waals surface area (Å²) >= 11 is 0. The molecule has 1 amide bonds. The average molecular weight is 261 g/mol. The number of carbonyl (C=O) groups excluding carboxylic acids is 1. The first-order valence-electron chi connectivity index (χ1n) is 6.81. The van der Waals surface area contributed by atoms with Gasteiger partial charge in [0.2, 0.25) is 0 Å². The van der Waals surface area contributed by atoms with Crippen molar-refractivity contribution in [3.63, 3.8) is 0 Å². The Kier molecular flexibility index (Phi) is 4.10. The van der Waals surface area contributed by atoms with E-state index < -0.39 is 0 Å². The number of carbonyl (C=O) groups is 1. The fraction of sp³-hybridized carbons (Fsp3) is 0.533. The van der Waals surface area contributed by atoms with Gasteiger partial charge in [0.1, 0.15) is 0 Å². The summed E-state index contributed by atoms with van der Waals surface area (Å²) in [6.07, 6.45) is 2.21. The van der Waals surface area contributed by atoms with E-state index in [1.54, 1.807) is 6.07 Å². The third kappa shape index (κ3) is 2.89. The molecule has 1 aromatic rings. The molecule has 2 N–H and O–H groups in total. The lowest BCUT2D eigenvalue weighted by Gasteiger charge is -2.36. The average Bonchev–Trinajstić information content (AvgIpc) is 2.38. The van der Waals surface area contributed by atoms with Gasteiger partial charge in [0.15, 0.2) is 0 Å². The van der Waals surface area contributed by atoms with Crippen LogP contribution in [0, 0.1) is 6.92 Å². The third-order valence-electron chi connectivity index (χ3n) is 3.93. The highest BCUT2D eigenvalue weighted by Gasteiger charge is 2.27. The number of nitrogens with two attached hydrogens (primary N) is 1. The highest BCUT2D eigenvalue weighted by molar-refractivity contribution is 6.00. The molecule has 1 heterocycles. The van der Waals surface area contributed by atoms with E-state index in [0.717, 1.165) is 31.5 Å². The molecule has 0 aromatic heterocycles. The van der Waals surface area contributed by atoms with E-state index in [1.165, 1.54) is 0 Å². The summed E-state index contributed by atoms with van der Waals surface area (Å²) in [5.41, 5.74) is 8.17. The lowest BCUT2D eigenvalue weighted by Crippen LogP contribution is -2.47. The molecule has 4 nitrogen and oxygen atoms in total. The van der Waals surface area contributed by atoms with Gasteiger partial charge in [-0.2, -0.15) is 0 Å². The topological polar surface area (TPSA) is 49.6 Å². The third-order valence-corrected chi connectivity index (χ3v) is 3.93. The minimum atomic E-state index is 0.0714. The van der Waals surface area contributed by atoms with Crippen LogP contribution in [0.4, 0.5) is 5.69 Å². The van der Waals surface area contributed by atoms with Gasteiger partial charge in [-0.1, -0.05) is 12.1 Å². The zero-order valence-corrected chi connectivity index (χ0v) is 12.0. The van der Waals surface area contributed by atoms with Gasteiger partial charge >= 0.3 is 0 Å². The van der Waals surface area contributed by atoms with Gasteiger partial charge in [-0.15, -0.1) is 0 Å². The van der Waals surface area contributed by atoms with Crippen LogP contribution in [0.3, 0.4) is 0 Å². The van der Waals surface area contributed by atoms with Crippen LogP contribution in [-0.2, 0) is 0 Å². The number of nitrogens with zero attached hydrogens (tertiary/aromatic N) is 2. The van der Waals surface area contributed by atoms with Crippen molar-refractivity contribution < 1.29 is 4.79 Å². The van der Waals surface area contributed by atoms with Crippen molar-refractivity contribution in [2.24, 2.45) is 0 Å². The van der Waals surface area contributed by atoms with Crippen molar-refractivity contribution in [3.05, 3.63) is 29.3 Å². The Morgan fingerprint density at radius 2 is 2.16 bits per heavy atom. The van der Waals surface area contributed by atoms with E-state index in [1.807, 2.05) is 24.0 Å². The molecule has 1 fully saturated rings. The molecule has 0 aliphatic carbocycles. The quantitative estimate of drug-likeness (QED) is 0.825. The van der Waals surface area contributed by atoms with Crippen molar-refractivity contribution in [2.45, 2.75) is 25.8 Å². The van der Waals surface area contributed by atoms with Gasteiger partial charge in [-0.3, -0.25) is 4.79 Å². The Bertz CT molecular complexity index is 450. The number of piperidine rings is 1. The number of hydrogen-bond acceptors (Lipinski definition) is 3. The summed E-state index contributed by atoms with van der Waals surface area (Å²) in [6.45, 7) is 3.56. The Balaban J connectivity index is 2.20. The van der Waals surface area contributed by atoms with Gasteiger partial charge in [-0.05, 0) is 45.5 Å². The number of anilines is 1. The number of likely N-dealkylation sites (N-methyl/N-ethyl adjacent to an activating group) is 1. The molecule has 1 aliphatic heterocycles. The molecule has 1 aromatic carbocycles. The van der Waals surface area contributed by atoms with Crippen LogP contribution in [-0.4, -0.2) is 48.9 Å². The smallest absolute Gasteiger partial charge is 0.256 e. The molecular weight excluding hydrogens is 238 g/mol. The Hall–Kier alpha value is -1.55. The summed E-state index contributed by atoms with van der Waals surface area (Å²) in [6, 6.07) is 6.08. The number of likely N-dealkylation sites (tertiary alicyclic amines) is 1. The van der Waals surface area contributed by atoms with E-state index in [0.29, 0.717) is 17.3 Å². The molecule has 1 atom stereocenters. The second kappa shape index (κ2) is 5.61. The molecule has 19 heavy (non-hydrogen) atoms. The van der Waals surface area contributed by atoms with Gasteiger partial charge in [0.05, 0.1) is 5.56 Å². The molecule has 1 unspecified atom stereocenters. The fourth-order valence-corrected chi connectivity index (χ4v) is 2.70. The minimum Gasteiger partial charge on any atom is -0.398 e. The number of aryl methyl sites for hydroxylation is 1. The summed E-state index contributed by atoms with van der Waals surface area (Å²) in [7, 11) is 4.14. The fourth-order valence-electron chi connectivity index (χ4n) is 2.70. The molecule has 104 valence electrons.